The van der Waals surface area contributed by atoms with Crippen LogP contribution >= 0.6 is 0 Å². The highest BCUT2D eigenvalue weighted by Crippen LogP contribution is 2.55. The van der Waals surface area contributed by atoms with Crippen LogP contribution in [0.5, 0.6) is 0 Å². The number of nitrogens with zero attached hydrogens (tertiary/aromatic N) is 1. The zero-order valence-corrected chi connectivity index (χ0v) is 19.8. The van der Waals surface area contributed by atoms with E-state index in [2.05, 4.69) is 120 Å². The first-order valence-electron chi connectivity index (χ1n) is 11.3. The first kappa shape index (κ1) is 20.0. The van der Waals surface area contributed by atoms with E-state index >= 15 is 0 Å². The zero-order chi connectivity index (χ0) is 22.1. The number of rotatable bonds is 1. The summed E-state index contributed by atoms with van der Waals surface area (Å²) in [5, 5.41) is 2.64. The van der Waals surface area contributed by atoms with Gasteiger partial charge >= 0.3 is 0 Å². The molecule has 0 aliphatic heterocycles. The van der Waals surface area contributed by atoms with Crippen LogP contribution in [0.3, 0.4) is 0 Å². The van der Waals surface area contributed by atoms with Crippen LogP contribution in [-0.4, -0.2) is 0 Å². The van der Waals surface area contributed by atoms with Crippen LogP contribution < -0.4 is 4.57 Å². The van der Waals surface area contributed by atoms with Gasteiger partial charge in [0.05, 0.1) is 0 Å². The van der Waals surface area contributed by atoms with Crippen molar-refractivity contribution in [1.29, 1.82) is 0 Å². The van der Waals surface area contributed by atoms with Gasteiger partial charge < -0.3 is 0 Å². The largest absolute Gasteiger partial charge is 0.212 e. The molecule has 1 heteroatoms. The van der Waals surface area contributed by atoms with E-state index in [0.717, 1.165) is 0 Å². The van der Waals surface area contributed by atoms with Gasteiger partial charge in [-0.3, -0.25) is 0 Å². The fourth-order valence-corrected chi connectivity index (χ4v) is 5.40. The summed E-state index contributed by atoms with van der Waals surface area (Å²) in [4.78, 5) is 0. The number of pyridine rings is 1. The summed E-state index contributed by atoms with van der Waals surface area (Å²) < 4.78 is 2.25. The van der Waals surface area contributed by atoms with Gasteiger partial charge in [-0.1, -0.05) is 58.0 Å². The smallest absolute Gasteiger partial charge is 0.201 e. The Bertz CT molecular complexity index is 1350. The molecule has 0 atom stereocenters. The molecule has 0 fully saturated rings. The van der Waals surface area contributed by atoms with E-state index in [1.165, 1.54) is 55.4 Å². The number of hydrogen-bond donors (Lipinski definition) is 0. The fraction of sp³-hybridized carbons (Fsp3) is 0.300. The summed E-state index contributed by atoms with van der Waals surface area (Å²) in [5.74, 6) is 0. The summed E-state index contributed by atoms with van der Waals surface area (Å²) in [6, 6.07) is 23.0. The Morgan fingerprint density at radius 2 is 1.23 bits per heavy atom. The standard InChI is InChI=1S/C30H32N/c1-19-12-13-28(31(7)18-19)23-17-25-24-15-21-10-8-9-11-22(21)16-27(24)30(5,6)29(3,4)26(25)14-20(23)2/h8-18H,1-7H3/q+1. The molecular weight excluding hydrogens is 374 g/mol. The minimum atomic E-state index is 0.0243. The molecule has 31 heavy (non-hydrogen) atoms. The third kappa shape index (κ3) is 2.79. The Balaban J connectivity index is 1.87. The average Bonchev–Trinajstić information content (AvgIpc) is 2.72. The third-order valence-electron chi connectivity index (χ3n) is 8.01. The number of aryl methyl sites for hydroxylation is 3. The van der Waals surface area contributed by atoms with Gasteiger partial charge in [-0.05, 0) is 87.5 Å². The van der Waals surface area contributed by atoms with Gasteiger partial charge in [0.15, 0.2) is 6.20 Å². The van der Waals surface area contributed by atoms with E-state index in [1.807, 2.05) is 0 Å². The van der Waals surface area contributed by atoms with Crippen molar-refractivity contribution in [3.8, 4) is 22.4 Å². The monoisotopic (exact) mass is 406 g/mol. The van der Waals surface area contributed by atoms with E-state index < -0.39 is 0 Å². The molecule has 0 radical (unpaired) electrons. The Morgan fingerprint density at radius 3 is 1.87 bits per heavy atom. The Morgan fingerprint density at radius 1 is 0.645 bits per heavy atom. The van der Waals surface area contributed by atoms with E-state index in [9.17, 15) is 0 Å². The molecule has 0 amide bonds. The van der Waals surface area contributed by atoms with Crippen molar-refractivity contribution >= 4 is 10.8 Å². The van der Waals surface area contributed by atoms with Crippen LogP contribution in [0.4, 0.5) is 0 Å². The van der Waals surface area contributed by atoms with Crippen molar-refractivity contribution in [1.82, 2.24) is 0 Å². The van der Waals surface area contributed by atoms with E-state index in [1.54, 1.807) is 0 Å². The molecule has 0 saturated carbocycles. The SMILES string of the molecule is Cc1ccc(-c2cc3c(cc2C)C(C)(C)C(C)(C)c2cc4ccccc4cc2-3)[n+](C)c1. The lowest BCUT2D eigenvalue weighted by Gasteiger charge is -2.48. The first-order chi connectivity index (χ1) is 14.6. The molecule has 1 aliphatic carbocycles. The van der Waals surface area contributed by atoms with Gasteiger partial charge in [0.25, 0.3) is 0 Å². The summed E-state index contributed by atoms with van der Waals surface area (Å²) >= 11 is 0. The fourth-order valence-electron chi connectivity index (χ4n) is 5.40. The number of aromatic nitrogens is 1. The van der Waals surface area contributed by atoms with Crippen molar-refractivity contribution in [3.05, 3.63) is 89.1 Å². The van der Waals surface area contributed by atoms with Gasteiger partial charge in [-0.15, -0.1) is 0 Å². The van der Waals surface area contributed by atoms with Crippen LogP contribution in [0.2, 0.25) is 0 Å². The highest BCUT2D eigenvalue weighted by atomic mass is 14.9. The quantitative estimate of drug-likeness (QED) is 0.295. The Labute approximate surface area is 186 Å². The van der Waals surface area contributed by atoms with Crippen LogP contribution in [0.1, 0.15) is 49.9 Å². The lowest BCUT2D eigenvalue weighted by Crippen LogP contribution is -2.43. The summed E-state index contributed by atoms with van der Waals surface area (Å²) in [6.07, 6.45) is 2.21. The lowest BCUT2D eigenvalue weighted by molar-refractivity contribution is -0.660. The zero-order valence-electron chi connectivity index (χ0n) is 19.8. The normalized spacial score (nSPS) is 16.1. The molecule has 0 unspecified atom stereocenters. The highest BCUT2D eigenvalue weighted by molar-refractivity contribution is 5.93. The second-order valence-electron chi connectivity index (χ2n) is 10.4. The minimum Gasteiger partial charge on any atom is -0.201 e. The summed E-state index contributed by atoms with van der Waals surface area (Å²) in [6.45, 7) is 14.0. The van der Waals surface area contributed by atoms with Crippen molar-refractivity contribution in [2.24, 2.45) is 7.05 Å². The Kier molecular flexibility index (Phi) is 4.21. The lowest BCUT2D eigenvalue weighted by atomic mass is 9.55. The topological polar surface area (TPSA) is 3.88 Å². The third-order valence-corrected chi connectivity index (χ3v) is 8.01. The molecule has 0 bridgehead atoms. The van der Waals surface area contributed by atoms with Gasteiger partial charge in [-0.2, -0.15) is 0 Å². The van der Waals surface area contributed by atoms with Crippen molar-refractivity contribution < 1.29 is 4.57 Å². The van der Waals surface area contributed by atoms with Crippen LogP contribution in [0.15, 0.2) is 66.9 Å². The first-order valence-corrected chi connectivity index (χ1v) is 11.3. The van der Waals surface area contributed by atoms with Crippen molar-refractivity contribution in [2.75, 3.05) is 0 Å². The van der Waals surface area contributed by atoms with E-state index in [4.69, 9.17) is 0 Å². The molecule has 0 N–H and O–H groups in total. The molecular formula is C30H32N+. The highest BCUT2D eigenvalue weighted by Gasteiger charge is 2.46. The van der Waals surface area contributed by atoms with Crippen molar-refractivity contribution in [2.45, 2.75) is 52.4 Å². The molecule has 1 nitrogen and oxygen atoms in total. The molecule has 0 spiro atoms. The van der Waals surface area contributed by atoms with Gasteiger partial charge in [0, 0.05) is 17.2 Å². The van der Waals surface area contributed by atoms with Gasteiger partial charge in [-0.25, -0.2) is 4.57 Å². The van der Waals surface area contributed by atoms with Crippen LogP contribution in [-0.2, 0) is 17.9 Å². The number of benzene rings is 3. The summed E-state index contributed by atoms with van der Waals surface area (Å²) in [5.41, 5.74) is 10.9. The van der Waals surface area contributed by atoms with Gasteiger partial charge in [0.1, 0.15) is 7.05 Å². The van der Waals surface area contributed by atoms with Crippen molar-refractivity contribution in [3.63, 3.8) is 0 Å². The maximum Gasteiger partial charge on any atom is 0.212 e. The average molecular weight is 407 g/mol. The molecule has 4 aromatic rings. The maximum atomic E-state index is 2.45. The second kappa shape index (κ2) is 6.53. The molecule has 5 rings (SSSR count). The van der Waals surface area contributed by atoms with Gasteiger partial charge in [0.2, 0.25) is 5.69 Å². The maximum absolute atomic E-state index is 2.45. The predicted molar refractivity (Wildman–Crippen MR) is 132 cm³/mol. The van der Waals surface area contributed by atoms with E-state index in [0.29, 0.717) is 0 Å². The molecule has 0 saturated heterocycles. The van der Waals surface area contributed by atoms with Crippen LogP contribution in [0, 0.1) is 13.8 Å². The molecule has 156 valence electrons. The van der Waals surface area contributed by atoms with E-state index in [-0.39, 0.29) is 10.8 Å². The predicted octanol–water partition coefficient (Wildman–Crippen LogP) is 7.18. The molecule has 1 aliphatic rings. The number of fused-ring (bicyclic) bond motifs is 4. The molecule has 3 aromatic carbocycles. The minimum absolute atomic E-state index is 0.0243. The molecule has 1 heterocycles. The summed E-state index contributed by atoms with van der Waals surface area (Å²) in [7, 11) is 2.15. The molecule has 1 aromatic heterocycles. The second-order valence-corrected chi connectivity index (χ2v) is 10.4. The Hall–Kier alpha value is -2.93. The number of hydrogen-bond acceptors (Lipinski definition) is 0. The van der Waals surface area contributed by atoms with Crippen LogP contribution in [0.25, 0.3) is 33.2 Å².